The molecule has 0 aliphatic heterocycles. The van der Waals surface area contributed by atoms with E-state index in [-0.39, 0.29) is 5.78 Å². The monoisotopic (exact) mass is 228 g/mol. The fourth-order valence-corrected chi connectivity index (χ4v) is 2.43. The number of benzene rings is 1. The van der Waals surface area contributed by atoms with Crippen LogP contribution in [0.3, 0.4) is 0 Å². The molecule has 0 radical (unpaired) electrons. The van der Waals surface area contributed by atoms with Gasteiger partial charge < -0.3 is 0 Å². The van der Waals surface area contributed by atoms with Crippen molar-refractivity contribution in [2.45, 2.75) is 38.5 Å². The fourth-order valence-electron chi connectivity index (χ4n) is 2.43. The second kappa shape index (κ2) is 6.39. The minimum Gasteiger partial charge on any atom is -0.289 e. The van der Waals surface area contributed by atoms with Gasteiger partial charge in [-0.3, -0.25) is 4.79 Å². The molecule has 17 heavy (non-hydrogen) atoms. The molecule has 1 aliphatic rings. The Kier molecular flexibility index (Phi) is 4.54. The molecule has 0 unspecified atom stereocenters. The van der Waals surface area contributed by atoms with Crippen LogP contribution in [0.4, 0.5) is 0 Å². The Balaban J connectivity index is 1.93. The number of rotatable bonds is 3. The van der Waals surface area contributed by atoms with E-state index >= 15 is 0 Å². The molecule has 1 heteroatoms. The molecule has 0 aromatic heterocycles. The Morgan fingerprint density at radius 2 is 1.65 bits per heavy atom. The van der Waals surface area contributed by atoms with Gasteiger partial charge in [0.15, 0.2) is 5.78 Å². The van der Waals surface area contributed by atoms with E-state index < -0.39 is 0 Å². The zero-order valence-corrected chi connectivity index (χ0v) is 10.3. The Hall–Kier alpha value is -1.37. The van der Waals surface area contributed by atoms with Gasteiger partial charge in [-0.25, -0.2) is 0 Å². The molecule has 1 nitrogen and oxygen atoms in total. The molecule has 1 aromatic rings. The first-order valence-corrected chi connectivity index (χ1v) is 6.64. The Bertz CT molecular complexity index is 370. The second-order valence-corrected chi connectivity index (χ2v) is 4.84. The van der Waals surface area contributed by atoms with Gasteiger partial charge in [0.05, 0.1) is 0 Å². The average Bonchev–Trinajstić information content (AvgIpc) is 2.65. The summed E-state index contributed by atoms with van der Waals surface area (Å²) in [5, 5.41) is 0. The highest BCUT2D eigenvalue weighted by Crippen LogP contribution is 2.23. The van der Waals surface area contributed by atoms with Gasteiger partial charge in [-0.15, -0.1) is 0 Å². The summed E-state index contributed by atoms with van der Waals surface area (Å²) in [6.45, 7) is 0. The smallest absolute Gasteiger partial charge is 0.185 e. The molecule has 1 aromatic carbocycles. The summed E-state index contributed by atoms with van der Waals surface area (Å²) in [5.74, 6) is 0.750. The third-order valence-corrected chi connectivity index (χ3v) is 3.48. The van der Waals surface area contributed by atoms with Crippen molar-refractivity contribution >= 4 is 5.78 Å². The van der Waals surface area contributed by atoms with Crippen molar-refractivity contribution in [1.82, 2.24) is 0 Å². The van der Waals surface area contributed by atoms with Crippen LogP contribution in [-0.2, 0) is 0 Å². The summed E-state index contributed by atoms with van der Waals surface area (Å²) in [7, 11) is 0. The predicted molar refractivity (Wildman–Crippen MR) is 71.1 cm³/mol. The Morgan fingerprint density at radius 1 is 1.00 bits per heavy atom. The fraction of sp³-hybridized carbons (Fsp3) is 0.438. The lowest BCUT2D eigenvalue weighted by Crippen LogP contribution is -1.98. The van der Waals surface area contributed by atoms with Crippen molar-refractivity contribution < 1.29 is 4.79 Å². The summed E-state index contributed by atoms with van der Waals surface area (Å²) in [4.78, 5) is 11.9. The molecule has 0 N–H and O–H groups in total. The largest absolute Gasteiger partial charge is 0.289 e. The normalized spacial score (nSPS) is 18.1. The molecule has 90 valence electrons. The molecule has 2 rings (SSSR count). The Morgan fingerprint density at radius 3 is 2.29 bits per heavy atom. The lowest BCUT2D eigenvalue weighted by molar-refractivity contribution is 0.104. The van der Waals surface area contributed by atoms with Crippen LogP contribution in [0.1, 0.15) is 48.9 Å². The second-order valence-electron chi connectivity index (χ2n) is 4.84. The van der Waals surface area contributed by atoms with Crippen molar-refractivity contribution in [3.8, 4) is 0 Å². The maximum Gasteiger partial charge on any atom is 0.185 e. The Labute approximate surface area is 104 Å². The molecular formula is C16H20O. The third-order valence-electron chi connectivity index (χ3n) is 3.48. The summed E-state index contributed by atoms with van der Waals surface area (Å²) < 4.78 is 0. The molecule has 0 heterocycles. The van der Waals surface area contributed by atoms with Crippen molar-refractivity contribution in [3.05, 3.63) is 48.0 Å². The zero-order valence-electron chi connectivity index (χ0n) is 10.3. The maximum absolute atomic E-state index is 11.9. The summed E-state index contributed by atoms with van der Waals surface area (Å²) in [6.07, 6.45) is 11.7. The summed E-state index contributed by atoms with van der Waals surface area (Å²) in [5.41, 5.74) is 0.789. The van der Waals surface area contributed by atoms with Gasteiger partial charge in [0.2, 0.25) is 0 Å². The number of hydrogen-bond donors (Lipinski definition) is 0. The first-order valence-electron chi connectivity index (χ1n) is 6.64. The number of hydrogen-bond acceptors (Lipinski definition) is 1. The van der Waals surface area contributed by atoms with Crippen molar-refractivity contribution in [2.24, 2.45) is 5.92 Å². The highest BCUT2D eigenvalue weighted by Gasteiger charge is 2.09. The van der Waals surface area contributed by atoms with Crippen molar-refractivity contribution in [3.63, 3.8) is 0 Å². The van der Waals surface area contributed by atoms with Crippen LogP contribution in [-0.4, -0.2) is 5.78 Å². The minimum atomic E-state index is 0.134. The van der Waals surface area contributed by atoms with E-state index in [1.807, 2.05) is 30.3 Å². The first kappa shape index (κ1) is 12.1. The van der Waals surface area contributed by atoms with Gasteiger partial charge in [0.25, 0.3) is 0 Å². The van der Waals surface area contributed by atoms with Gasteiger partial charge in [-0.2, -0.15) is 0 Å². The molecular weight excluding hydrogens is 208 g/mol. The quantitative estimate of drug-likeness (QED) is 0.426. The minimum absolute atomic E-state index is 0.134. The van der Waals surface area contributed by atoms with Crippen LogP contribution in [0.5, 0.6) is 0 Å². The maximum atomic E-state index is 11.9. The number of carbonyl (C=O) groups excluding carboxylic acids is 1. The molecule has 0 atom stereocenters. The van der Waals surface area contributed by atoms with E-state index in [2.05, 4.69) is 6.08 Å². The molecule has 0 bridgehead atoms. The van der Waals surface area contributed by atoms with Gasteiger partial charge in [-0.1, -0.05) is 62.1 Å². The summed E-state index contributed by atoms with van der Waals surface area (Å²) >= 11 is 0. The molecule has 0 saturated heterocycles. The van der Waals surface area contributed by atoms with Crippen LogP contribution in [0.25, 0.3) is 0 Å². The van der Waals surface area contributed by atoms with Crippen molar-refractivity contribution in [1.29, 1.82) is 0 Å². The van der Waals surface area contributed by atoms with Gasteiger partial charge in [-0.05, 0) is 24.8 Å². The van der Waals surface area contributed by atoms with Crippen LogP contribution in [0, 0.1) is 5.92 Å². The van der Waals surface area contributed by atoms with Gasteiger partial charge in [0.1, 0.15) is 0 Å². The van der Waals surface area contributed by atoms with E-state index in [9.17, 15) is 4.79 Å². The van der Waals surface area contributed by atoms with Crippen LogP contribution < -0.4 is 0 Å². The highest BCUT2D eigenvalue weighted by molar-refractivity contribution is 6.04. The van der Waals surface area contributed by atoms with E-state index in [1.54, 1.807) is 6.08 Å². The van der Waals surface area contributed by atoms with Crippen molar-refractivity contribution in [2.75, 3.05) is 0 Å². The molecule has 1 fully saturated rings. The molecule has 0 spiro atoms. The van der Waals surface area contributed by atoms with E-state index in [4.69, 9.17) is 0 Å². The average molecular weight is 228 g/mol. The van der Waals surface area contributed by atoms with E-state index in [0.717, 1.165) is 5.56 Å². The third kappa shape index (κ3) is 3.85. The van der Waals surface area contributed by atoms with Gasteiger partial charge in [0, 0.05) is 5.56 Å². The van der Waals surface area contributed by atoms with E-state index in [1.165, 1.54) is 38.5 Å². The molecule has 1 aliphatic carbocycles. The molecule has 1 saturated carbocycles. The number of ketones is 1. The van der Waals surface area contributed by atoms with Crippen LogP contribution >= 0.6 is 0 Å². The topological polar surface area (TPSA) is 17.1 Å². The van der Waals surface area contributed by atoms with Crippen LogP contribution in [0.2, 0.25) is 0 Å². The first-order chi connectivity index (χ1) is 8.36. The zero-order chi connectivity index (χ0) is 11.9. The SMILES string of the molecule is O=C(/C=C/C1CCCCCC1)c1ccccc1. The van der Waals surface area contributed by atoms with Crippen LogP contribution in [0.15, 0.2) is 42.5 Å². The number of allylic oxidation sites excluding steroid dienone is 2. The van der Waals surface area contributed by atoms with E-state index in [0.29, 0.717) is 5.92 Å². The molecule has 0 amide bonds. The standard InChI is InChI=1S/C16H20O/c17-16(15-10-6-3-7-11-15)13-12-14-8-4-1-2-5-9-14/h3,6-7,10-14H,1-2,4-5,8-9H2/b13-12+. The summed E-state index contributed by atoms with van der Waals surface area (Å²) in [6, 6.07) is 9.50. The lowest BCUT2D eigenvalue weighted by Gasteiger charge is -2.07. The predicted octanol–water partition coefficient (Wildman–Crippen LogP) is 4.40. The number of carbonyl (C=O) groups is 1. The van der Waals surface area contributed by atoms with Gasteiger partial charge >= 0.3 is 0 Å². The highest BCUT2D eigenvalue weighted by atomic mass is 16.1. The lowest BCUT2D eigenvalue weighted by atomic mass is 9.99.